The van der Waals surface area contributed by atoms with E-state index in [1.54, 1.807) is 37.1 Å². The highest BCUT2D eigenvalue weighted by molar-refractivity contribution is 6.42. The van der Waals surface area contributed by atoms with E-state index in [0.29, 0.717) is 28.5 Å². The number of nitrogens with zero attached hydrogens (tertiary/aromatic N) is 1. The van der Waals surface area contributed by atoms with Crippen molar-refractivity contribution in [1.82, 2.24) is 4.90 Å². The minimum absolute atomic E-state index is 0.00906. The van der Waals surface area contributed by atoms with Crippen molar-refractivity contribution in [3.8, 4) is 0 Å². The maximum Gasteiger partial charge on any atom is 0.219 e. The van der Waals surface area contributed by atoms with Crippen molar-refractivity contribution in [3.05, 3.63) is 69.2 Å². The molecule has 24 heavy (non-hydrogen) atoms. The quantitative estimate of drug-likeness (QED) is 0.850. The van der Waals surface area contributed by atoms with E-state index in [1.807, 2.05) is 24.3 Å². The number of hydrogen-bond acceptors (Lipinski definition) is 2. The molecule has 1 amide bonds. The molecule has 3 rings (SSSR count). The lowest BCUT2D eigenvalue weighted by Gasteiger charge is -2.41. The van der Waals surface area contributed by atoms with Crippen molar-refractivity contribution < 1.29 is 9.90 Å². The summed E-state index contributed by atoms with van der Waals surface area (Å²) in [5, 5.41) is 12.3. The Kier molecular flexibility index (Phi) is 4.60. The van der Waals surface area contributed by atoms with Gasteiger partial charge in [-0.05, 0) is 41.7 Å². The van der Waals surface area contributed by atoms with Crippen LogP contribution in [0.1, 0.15) is 42.5 Å². The number of rotatable bonds is 2. The highest BCUT2D eigenvalue weighted by Gasteiger charge is 2.41. The van der Waals surface area contributed by atoms with E-state index in [0.717, 1.165) is 11.1 Å². The molecule has 1 aliphatic rings. The number of carbonyl (C=O) groups is 1. The summed E-state index contributed by atoms with van der Waals surface area (Å²) in [6.07, 6.45) is 1.17. The third kappa shape index (κ3) is 2.81. The predicted octanol–water partition coefficient (Wildman–Crippen LogP) is 4.54. The smallest absolute Gasteiger partial charge is 0.219 e. The maximum absolute atomic E-state index is 11.8. The molecule has 0 spiro atoms. The van der Waals surface area contributed by atoms with Crippen LogP contribution in [-0.4, -0.2) is 23.0 Å². The second-order valence-corrected chi connectivity index (χ2v) is 7.08. The van der Waals surface area contributed by atoms with Crippen LogP contribution in [0.2, 0.25) is 10.0 Å². The van der Waals surface area contributed by atoms with E-state index >= 15 is 0 Å². The first-order chi connectivity index (χ1) is 11.3. The Balaban J connectivity index is 2.12. The summed E-state index contributed by atoms with van der Waals surface area (Å²) in [5.74, 6) is 0.00906. The summed E-state index contributed by atoms with van der Waals surface area (Å²) in [6, 6.07) is 12.9. The molecule has 1 N–H and O–H groups in total. The van der Waals surface area contributed by atoms with E-state index in [1.165, 1.54) is 0 Å². The van der Waals surface area contributed by atoms with Crippen LogP contribution in [-0.2, 0) is 10.4 Å². The first-order valence-electron chi connectivity index (χ1n) is 7.85. The molecule has 0 aliphatic heterocycles. The zero-order chi connectivity index (χ0) is 17.5. The Morgan fingerprint density at radius 1 is 1.21 bits per heavy atom. The second-order valence-electron chi connectivity index (χ2n) is 6.26. The molecule has 1 aliphatic carbocycles. The van der Waals surface area contributed by atoms with Crippen LogP contribution < -0.4 is 0 Å². The van der Waals surface area contributed by atoms with Crippen molar-refractivity contribution >= 4 is 29.1 Å². The third-order valence-corrected chi connectivity index (χ3v) is 5.65. The summed E-state index contributed by atoms with van der Waals surface area (Å²) < 4.78 is 0. The minimum atomic E-state index is -1.14. The highest BCUT2D eigenvalue weighted by Crippen LogP contribution is 2.46. The van der Waals surface area contributed by atoms with Gasteiger partial charge >= 0.3 is 0 Å². The topological polar surface area (TPSA) is 40.5 Å². The van der Waals surface area contributed by atoms with Gasteiger partial charge in [0.15, 0.2) is 0 Å². The van der Waals surface area contributed by atoms with Gasteiger partial charge < -0.3 is 10.0 Å². The summed E-state index contributed by atoms with van der Waals surface area (Å²) in [6.45, 7) is 1.56. The van der Waals surface area contributed by atoms with Crippen molar-refractivity contribution in [1.29, 1.82) is 0 Å². The number of amides is 1. The van der Waals surface area contributed by atoms with Gasteiger partial charge in [-0.3, -0.25) is 4.79 Å². The lowest BCUT2D eigenvalue weighted by Crippen LogP contribution is -2.39. The molecule has 0 fully saturated rings. The molecular formula is C19H19Cl2NO2. The average molecular weight is 364 g/mol. The normalized spacial score (nSPS) is 22.8. The maximum atomic E-state index is 11.8. The van der Waals surface area contributed by atoms with Gasteiger partial charge in [0, 0.05) is 14.0 Å². The van der Waals surface area contributed by atoms with Crippen LogP contribution in [0.5, 0.6) is 0 Å². The van der Waals surface area contributed by atoms with Crippen LogP contribution in [0.4, 0.5) is 0 Å². The van der Waals surface area contributed by atoms with Gasteiger partial charge in [0.25, 0.3) is 0 Å². The molecule has 5 heteroatoms. The van der Waals surface area contributed by atoms with E-state index in [9.17, 15) is 9.90 Å². The lowest BCUT2D eigenvalue weighted by atomic mass is 9.73. The Morgan fingerprint density at radius 2 is 1.92 bits per heavy atom. The molecule has 1 unspecified atom stereocenters. The van der Waals surface area contributed by atoms with E-state index in [2.05, 4.69) is 0 Å². The molecule has 126 valence electrons. The molecule has 0 saturated heterocycles. The summed E-state index contributed by atoms with van der Waals surface area (Å²) >= 11 is 12.2. The molecule has 0 saturated carbocycles. The van der Waals surface area contributed by atoms with Crippen molar-refractivity contribution in [3.63, 3.8) is 0 Å². The van der Waals surface area contributed by atoms with Gasteiger partial charge in [-0.1, -0.05) is 53.5 Å². The predicted molar refractivity (Wildman–Crippen MR) is 96.3 cm³/mol. The largest absolute Gasteiger partial charge is 0.380 e. The van der Waals surface area contributed by atoms with Crippen LogP contribution in [0.3, 0.4) is 0 Å². The zero-order valence-electron chi connectivity index (χ0n) is 13.6. The Bertz CT molecular complexity index is 793. The molecule has 2 aromatic carbocycles. The third-order valence-electron chi connectivity index (χ3n) is 4.91. The molecular weight excluding hydrogens is 345 g/mol. The average Bonchev–Trinajstić information content (AvgIpc) is 2.57. The second kappa shape index (κ2) is 6.40. The van der Waals surface area contributed by atoms with Crippen LogP contribution in [0.15, 0.2) is 42.5 Å². The molecule has 2 atom stereocenters. The van der Waals surface area contributed by atoms with Gasteiger partial charge in [0.1, 0.15) is 5.60 Å². The van der Waals surface area contributed by atoms with Gasteiger partial charge in [0.2, 0.25) is 5.91 Å². The van der Waals surface area contributed by atoms with Crippen LogP contribution in [0.25, 0.3) is 0 Å². The fourth-order valence-electron chi connectivity index (χ4n) is 3.47. The molecule has 3 nitrogen and oxygen atoms in total. The van der Waals surface area contributed by atoms with Crippen LogP contribution in [0, 0.1) is 0 Å². The SMILES string of the molecule is CC(=O)N(C)C1CC[C@](O)(c2ccc(Cl)c(Cl)c2)c2ccccc21. The number of benzene rings is 2. The standard InChI is InChI=1S/C19H19Cl2NO2/c1-12(23)22(2)18-9-10-19(24,15-6-4-3-5-14(15)18)13-7-8-16(20)17(21)11-13/h3-8,11,18,24H,9-10H2,1-2H3/t18?,19-/m0/s1. The van der Waals surface area contributed by atoms with Gasteiger partial charge in [-0.25, -0.2) is 0 Å². The first-order valence-corrected chi connectivity index (χ1v) is 8.61. The fraction of sp³-hybridized carbons (Fsp3) is 0.316. The summed E-state index contributed by atoms with van der Waals surface area (Å²) in [5.41, 5.74) is 1.36. The number of aliphatic hydroxyl groups is 1. The summed E-state index contributed by atoms with van der Waals surface area (Å²) in [4.78, 5) is 13.5. The monoisotopic (exact) mass is 363 g/mol. The lowest BCUT2D eigenvalue weighted by molar-refractivity contribution is -0.130. The van der Waals surface area contributed by atoms with Gasteiger partial charge in [-0.2, -0.15) is 0 Å². The number of carbonyl (C=O) groups excluding carboxylic acids is 1. The zero-order valence-corrected chi connectivity index (χ0v) is 15.1. The Labute approximate surface area is 151 Å². The van der Waals surface area contributed by atoms with E-state index < -0.39 is 5.60 Å². The molecule has 2 aromatic rings. The van der Waals surface area contributed by atoms with Gasteiger partial charge in [0.05, 0.1) is 16.1 Å². The Hall–Kier alpha value is -1.55. The van der Waals surface area contributed by atoms with E-state index in [-0.39, 0.29) is 11.9 Å². The molecule has 0 aromatic heterocycles. The number of halogens is 2. The van der Waals surface area contributed by atoms with Gasteiger partial charge in [-0.15, -0.1) is 0 Å². The van der Waals surface area contributed by atoms with Crippen molar-refractivity contribution in [2.45, 2.75) is 31.4 Å². The highest BCUT2D eigenvalue weighted by atomic mass is 35.5. The first kappa shape index (κ1) is 17.3. The fourth-order valence-corrected chi connectivity index (χ4v) is 3.77. The molecule has 0 heterocycles. The molecule has 0 bridgehead atoms. The minimum Gasteiger partial charge on any atom is -0.380 e. The Morgan fingerprint density at radius 3 is 2.58 bits per heavy atom. The van der Waals surface area contributed by atoms with Crippen LogP contribution >= 0.6 is 23.2 Å². The van der Waals surface area contributed by atoms with Crippen molar-refractivity contribution in [2.75, 3.05) is 7.05 Å². The van der Waals surface area contributed by atoms with E-state index in [4.69, 9.17) is 23.2 Å². The van der Waals surface area contributed by atoms with Crippen molar-refractivity contribution in [2.24, 2.45) is 0 Å². The number of hydrogen-bond donors (Lipinski definition) is 1. The number of fused-ring (bicyclic) bond motifs is 1. The molecule has 0 radical (unpaired) electrons. The summed E-state index contributed by atoms with van der Waals surface area (Å²) in [7, 11) is 1.80.